The van der Waals surface area contributed by atoms with Crippen molar-refractivity contribution < 1.29 is 4.79 Å². The van der Waals surface area contributed by atoms with E-state index in [1.165, 1.54) is 11.8 Å². The Hall–Kier alpha value is -1.50. The van der Waals surface area contributed by atoms with Crippen LogP contribution in [0.2, 0.25) is 0 Å². The molecule has 1 heterocycles. The van der Waals surface area contributed by atoms with Crippen LogP contribution in [0.3, 0.4) is 0 Å². The zero-order valence-corrected chi connectivity index (χ0v) is 12.0. The second-order valence-electron chi connectivity index (χ2n) is 3.84. The number of carbonyl (C=O) groups is 1. The van der Waals surface area contributed by atoms with Crippen molar-refractivity contribution in [2.24, 2.45) is 0 Å². The van der Waals surface area contributed by atoms with Crippen LogP contribution >= 0.6 is 11.8 Å². The minimum absolute atomic E-state index is 0.0930. The van der Waals surface area contributed by atoms with Crippen molar-refractivity contribution in [3.8, 4) is 0 Å². The van der Waals surface area contributed by atoms with Crippen molar-refractivity contribution in [2.45, 2.75) is 11.6 Å². The average molecular weight is 269 g/mol. The highest BCUT2D eigenvalue weighted by Crippen LogP contribution is 2.16. The van der Waals surface area contributed by atoms with Crippen molar-refractivity contribution in [1.82, 2.24) is 14.9 Å². The number of anilines is 2. The van der Waals surface area contributed by atoms with Gasteiger partial charge in [-0.1, -0.05) is 11.8 Å². The lowest BCUT2D eigenvalue weighted by molar-refractivity contribution is -0.128. The third kappa shape index (κ3) is 4.40. The van der Waals surface area contributed by atoms with Crippen LogP contribution in [0.4, 0.5) is 11.6 Å². The number of carbonyl (C=O) groups excluding carboxylic acids is 1. The molecule has 0 fully saturated rings. The minimum atomic E-state index is 0.0930. The Bertz CT molecular complexity index is 388. The van der Waals surface area contributed by atoms with Gasteiger partial charge in [0.1, 0.15) is 11.6 Å². The molecule has 1 aromatic rings. The summed E-state index contributed by atoms with van der Waals surface area (Å²) in [6.07, 6.45) is 2.37. The first-order valence-electron chi connectivity index (χ1n) is 5.61. The fourth-order valence-electron chi connectivity index (χ4n) is 1.26. The topological polar surface area (TPSA) is 70.2 Å². The number of hydrogen-bond acceptors (Lipinski definition) is 6. The maximum atomic E-state index is 11.4. The van der Waals surface area contributed by atoms with Gasteiger partial charge in [-0.2, -0.15) is 0 Å². The summed E-state index contributed by atoms with van der Waals surface area (Å²) in [4.78, 5) is 21.6. The molecule has 0 unspecified atom stereocenters. The molecule has 0 saturated carbocycles. The highest BCUT2D eigenvalue weighted by Gasteiger charge is 2.05. The molecule has 0 aromatic carbocycles. The molecule has 0 radical (unpaired) electrons. The predicted octanol–water partition coefficient (Wildman–Crippen LogP) is 1.13. The Morgan fingerprint density at radius 3 is 2.61 bits per heavy atom. The van der Waals surface area contributed by atoms with Crippen LogP contribution in [0, 0.1) is 0 Å². The van der Waals surface area contributed by atoms with Crippen molar-refractivity contribution in [3.05, 3.63) is 6.07 Å². The van der Waals surface area contributed by atoms with E-state index in [9.17, 15) is 4.79 Å². The normalized spacial score (nSPS) is 10.0. The maximum absolute atomic E-state index is 11.4. The molecule has 0 bridgehead atoms. The fraction of sp³-hybridized carbons (Fsp3) is 0.545. The van der Waals surface area contributed by atoms with Crippen molar-refractivity contribution in [2.75, 3.05) is 44.6 Å². The molecular weight excluding hydrogens is 250 g/mol. The molecule has 0 saturated heterocycles. The number of thioether (sulfide) groups is 1. The van der Waals surface area contributed by atoms with Crippen molar-refractivity contribution >= 4 is 29.3 Å². The van der Waals surface area contributed by atoms with Crippen LogP contribution in [0.25, 0.3) is 0 Å². The van der Waals surface area contributed by atoms with Gasteiger partial charge < -0.3 is 15.5 Å². The Balaban J connectivity index is 2.58. The van der Waals surface area contributed by atoms with Crippen LogP contribution in [-0.4, -0.2) is 54.7 Å². The van der Waals surface area contributed by atoms with E-state index >= 15 is 0 Å². The standard InChI is InChI=1S/C11H19N5OS/c1-12-8-7-9(15-11(14-8)18-4)13-6-5-10(17)16(2)3/h7H,5-6H2,1-4H3,(H2,12,13,14,15). The summed E-state index contributed by atoms with van der Waals surface area (Å²) in [5.74, 6) is 1.58. The third-order valence-electron chi connectivity index (χ3n) is 2.29. The summed E-state index contributed by atoms with van der Waals surface area (Å²) < 4.78 is 0. The molecule has 1 amide bonds. The SMILES string of the molecule is CNc1cc(NCCC(=O)N(C)C)nc(SC)n1. The van der Waals surface area contributed by atoms with E-state index in [4.69, 9.17) is 0 Å². The predicted molar refractivity (Wildman–Crippen MR) is 75.2 cm³/mol. The number of rotatable bonds is 6. The van der Waals surface area contributed by atoms with Gasteiger partial charge in [0.25, 0.3) is 0 Å². The van der Waals surface area contributed by atoms with E-state index in [0.717, 1.165) is 11.6 Å². The largest absolute Gasteiger partial charge is 0.373 e. The molecule has 0 aliphatic carbocycles. The van der Waals surface area contributed by atoms with Gasteiger partial charge in [0.2, 0.25) is 5.91 Å². The molecule has 100 valence electrons. The van der Waals surface area contributed by atoms with Gasteiger partial charge in [-0.15, -0.1) is 0 Å². The van der Waals surface area contributed by atoms with Gasteiger partial charge in [0, 0.05) is 40.2 Å². The van der Waals surface area contributed by atoms with Gasteiger partial charge in [0.15, 0.2) is 5.16 Å². The second-order valence-corrected chi connectivity index (χ2v) is 4.61. The lowest BCUT2D eigenvalue weighted by atomic mass is 10.4. The highest BCUT2D eigenvalue weighted by molar-refractivity contribution is 7.98. The Morgan fingerprint density at radius 1 is 1.39 bits per heavy atom. The summed E-state index contributed by atoms with van der Waals surface area (Å²) in [5, 5.41) is 6.81. The van der Waals surface area contributed by atoms with Gasteiger partial charge in [0.05, 0.1) is 0 Å². The minimum Gasteiger partial charge on any atom is -0.373 e. The summed E-state index contributed by atoms with van der Waals surface area (Å²) in [6.45, 7) is 0.561. The first-order chi connectivity index (χ1) is 8.56. The maximum Gasteiger partial charge on any atom is 0.223 e. The molecule has 1 aromatic heterocycles. The number of nitrogens with one attached hydrogen (secondary N) is 2. The summed E-state index contributed by atoms with van der Waals surface area (Å²) in [5.41, 5.74) is 0. The number of hydrogen-bond donors (Lipinski definition) is 2. The van der Waals surface area contributed by atoms with Crippen LogP contribution in [-0.2, 0) is 4.79 Å². The van der Waals surface area contributed by atoms with Crippen LogP contribution in [0.1, 0.15) is 6.42 Å². The molecule has 2 N–H and O–H groups in total. The van der Waals surface area contributed by atoms with E-state index in [1.807, 2.05) is 19.4 Å². The van der Waals surface area contributed by atoms with Crippen LogP contribution in [0.15, 0.2) is 11.2 Å². The molecular formula is C11H19N5OS. The highest BCUT2D eigenvalue weighted by atomic mass is 32.2. The van der Waals surface area contributed by atoms with Gasteiger partial charge in [-0.25, -0.2) is 9.97 Å². The van der Waals surface area contributed by atoms with Crippen LogP contribution < -0.4 is 10.6 Å². The molecule has 1 rings (SSSR count). The average Bonchev–Trinajstić information content (AvgIpc) is 2.37. The van der Waals surface area contributed by atoms with Crippen molar-refractivity contribution in [1.29, 1.82) is 0 Å². The molecule has 0 atom stereocenters. The first-order valence-corrected chi connectivity index (χ1v) is 6.84. The lowest BCUT2D eigenvalue weighted by Gasteiger charge is -2.11. The van der Waals surface area contributed by atoms with Gasteiger partial charge >= 0.3 is 0 Å². The molecule has 7 heteroatoms. The quantitative estimate of drug-likeness (QED) is 0.596. The first kappa shape index (κ1) is 14.6. The summed E-state index contributed by atoms with van der Waals surface area (Å²) in [7, 11) is 5.31. The van der Waals surface area contributed by atoms with E-state index < -0.39 is 0 Å². The molecule has 6 nitrogen and oxygen atoms in total. The molecule has 0 aliphatic rings. The number of nitrogens with zero attached hydrogens (tertiary/aromatic N) is 3. The third-order valence-corrected chi connectivity index (χ3v) is 2.84. The number of aromatic nitrogens is 2. The van der Waals surface area contributed by atoms with Crippen molar-refractivity contribution in [3.63, 3.8) is 0 Å². The zero-order chi connectivity index (χ0) is 13.5. The van der Waals surface area contributed by atoms with Crippen LogP contribution in [0.5, 0.6) is 0 Å². The zero-order valence-electron chi connectivity index (χ0n) is 11.1. The smallest absolute Gasteiger partial charge is 0.223 e. The fourth-order valence-corrected chi connectivity index (χ4v) is 1.64. The van der Waals surface area contributed by atoms with E-state index in [1.54, 1.807) is 19.0 Å². The Labute approximate surface area is 112 Å². The molecule has 18 heavy (non-hydrogen) atoms. The van der Waals surface area contributed by atoms with E-state index in [0.29, 0.717) is 18.1 Å². The van der Waals surface area contributed by atoms with E-state index in [-0.39, 0.29) is 5.91 Å². The Kier molecular flexibility index (Phi) is 5.70. The molecule has 0 aliphatic heterocycles. The van der Waals surface area contributed by atoms with Gasteiger partial charge in [-0.05, 0) is 6.26 Å². The monoisotopic (exact) mass is 269 g/mol. The second kappa shape index (κ2) is 7.05. The van der Waals surface area contributed by atoms with E-state index in [2.05, 4.69) is 20.6 Å². The lowest BCUT2D eigenvalue weighted by Crippen LogP contribution is -2.24. The Morgan fingerprint density at radius 2 is 2.06 bits per heavy atom. The number of amides is 1. The summed E-state index contributed by atoms with van der Waals surface area (Å²) in [6, 6.07) is 1.82. The summed E-state index contributed by atoms with van der Waals surface area (Å²) >= 11 is 1.48. The van der Waals surface area contributed by atoms with Gasteiger partial charge in [-0.3, -0.25) is 4.79 Å². The molecule has 0 spiro atoms.